The molecule has 0 spiro atoms. The van der Waals surface area contributed by atoms with Gasteiger partial charge < -0.3 is 120 Å². The lowest BCUT2D eigenvalue weighted by atomic mass is 9.97. The summed E-state index contributed by atoms with van der Waals surface area (Å²) in [7, 11) is 0. The molecule has 0 aromatic carbocycles. The summed E-state index contributed by atoms with van der Waals surface area (Å²) in [5.74, 6) is 3.21. The second-order valence-electron chi connectivity index (χ2n) is 39.6. The molecular weight excluding hydrogens is 1660 g/mol. The van der Waals surface area contributed by atoms with Crippen molar-refractivity contribution in [2.45, 2.75) is 288 Å². The van der Waals surface area contributed by atoms with Gasteiger partial charge in [-0.1, -0.05) is 0 Å². The normalized spacial score (nSPS) is 13.8. The van der Waals surface area contributed by atoms with Crippen LogP contribution in [0.5, 0.6) is 0 Å². The first kappa shape index (κ1) is 107. The zero-order valence-corrected chi connectivity index (χ0v) is 81.1. The summed E-state index contributed by atoms with van der Waals surface area (Å²) in [5, 5.41) is 29.8. The maximum atomic E-state index is 12.8. The Morgan fingerprint density at radius 3 is 0.622 bits per heavy atom. The van der Waals surface area contributed by atoms with Gasteiger partial charge in [-0.15, -0.1) is 0 Å². The monoisotopic (exact) mass is 1810 g/mol. The van der Waals surface area contributed by atoms with Crippen LogP contribution >= 0.6 is 11.6 Å². The maximum absolute atomic E-state index is 12.8. The molecule has 0 saturated carbocycles. The first-order valence-electron chi connectivity index (χ1n) is 44.7. The number of aromatic nitrogens is 9. The van der Waals surface area contributed by atoms with Gasteiger partial charge in [0.2, 0.25) is 52.9 Å². The number of rotatable bonds is 44. The number of alkyl carbamates (subject to hydrolysis) is 8. The molecule has 0 bridgehead atoms. The Hall–Kier alpha value is -10.1. The van der Waals surface area contributed by atoms with E-state index in [4.69, 9.17) is 84.4 Å². The number of halogens is 1. The van der Waals surface area contributed by atoms with E-state index in [2.05, 4.69) is 72.9 Å². The predicted octanol–water partition coefficient (Wildman–Crippen LogP) is 12.1. The van der Waals surface area contributed by atoms with Crippen LogP contribution in [0.4, 0.5) is 85.9 Å². The highest BCUT2D eigenvalue weighted by molar-refractivity contribution is 6.28. The van der Waals surface area contributed by atoms with E-state index in [9.17, 15) is 38.4 Å². The van der Waals surface area contributed by atoms with Crippen molar-refractivity contribution in [3.63, 3.8) is 0 Å². The molecule has 5 rings (SSSR count). The Balaban J connectivity index is 1.40. The van der Waals surface area contributed by atoms with Crippen molar-refractivity contribution in [2.24, 2.45) is 11.8 Å². The fourth-order valence-corrected chi connectivity index (χ4v) is 12.8. The minimum Gasteiger partial charge on any atom is -0.444 e. The maximum Gasteiger partial charge on any atom is 0.407 e. The van der Waals surface area contributed by atoms with E-state index in [-0.39, 0.29) is 69.5 Å². The number of hydrogen-bond donors (Lipinski definition) is 10. The number of ether oxygens (including phenoxy) is 8. The van der Waals surface area contributed by atoms with Crippen molar-refractivity contribution >= 4 is 108 Å². The van der Waals surface area contributed by atoms with Crippen LogP contribution in [0.25, 0.3) is 0 Å². The van der Waals surface area contributed by atoms with E-state index in [0.717, 1.165) is 25.7 Å². The van der Waals surface area contributed by atoms with E-state index in [1.807, 2.05) is 19.6 Å². The smallest absolute Gasteiger partial charge is 0.407 e. The van der Waals surface area contributed by atoms with Gasteiger partial charge in [0.05, 0.1) is 0 Å². The van der Waals surface area contributed by atoms with Gasteiger partial charge in [-0.2, -0.15) is 44.9 Å². The molecule has 0 unspecified atom stereocenters. The van der Waals surface area contributed by atoms with Gasteiger partial charge in [-0.3, -0.25) is 0 Å². The Morgan fingerprint density at radius 1 is 0.283 bits per heavy atom. The molecule has 0 atom stereocenters. The fourth-order valence-electron chi connectivity index (χ4n) is 12.6. The summed E-state index contributed by atoms with van der Waals surface area (Å²) in [6, 6.07) is 0. The van der Waals surface area contributed by atoms with Gasteiger partial charge in [-0.05, 0) is 267 Å². The molecule has 42 heteroatoms. The third kappa shape index (κ3) is 48.6. The highest BCUT2D eigenvalue weighted by Gasteiger charge is 2.31. The molecule has 3 aromatic heterocycles. The lowest BCUT2D eigenvalue weighted by Crippen LogP contribution is -2.40. The molecule has 5 heterocycles. The second-order valence-corrected chi connectivity index (χ2v) is 39.9. The summed E-state index contributed by atoms with van der Waals surface area (Å²) in [5.41, 5.74) is -5.61. The zero-order valence-electron chi connectivity index (χ0n) is 80.3. The average molecular weight is 1820 g/mol. The van der Waals surface area contributed by atoms with Crippen LogP contribution < -0.4 is 82.6 Å². The molecule has 2 fully saturated rings. The van der Waals surface area contributed by atoms with E-state index >= 15 is 0 Å². The van der Waals surface area contributed by atoms with Gasteiger partial charge >= 0.3 is 48.7 Å². The number of nitrogens with one attached hydrogen (secondary N) is 10. The average Bonchev–Trinajstić information content (AvgIpc) is 0.808. The Bertz CT molecular complexity index is 3320. The van der Waals surface area contributed by atoms with E-state index in [0.29, 0.717) is 191 Å². The van der Waals surface area contributed by atoms with Gasteiger partial charge in [-0.25, -0.2) is 38.4 Å². The molecule has 720 valence electrons. The predicted molar refractivity (Wildman–Crippen MR) is 491 cm³/mol. The molecule has 0 radical (unpaired) electrons. The van der Waals surface area contributed by atoms with E-state index in [1.54, 1.807) is 166 Å². The lowest BCUT2D eigenvalue weighted by molar-refractivity contribution is 0.0515. The Kier molecular flexibility index (Phi) is 42.8. The molecule has 3 aromatic rings. The Labute approximate surface area is 757 Å². The van der Waals surface area contributed by atoms with Crippen LogP contribution in [0.1, 0.15) is 243 Å². The van der Waals surface area contributed by atoms with Crippen molar-refractivity contribution in [1.29, 1.82) is 0 Å². The number of piperidine rings is 2. The minimum atomic E-state index is -0.702. The molecule has 2 aliphatic heterocycles. The first-order valence-corrected chi connectivity index (χ1v) is 45.1. The number of hydrogen-bond acceptors (Lipinski definition) is 33. The zero-order chi connectivity index (χ0) is 94.6. The van der Waals surface area contributed by atoms with Crippen LogP contribution in [-0.4, -0.2) is 282 Å². The van der Waals surface area contributed by atoms with Crippen molar-refractivity contribution in [1.82, 2.24) is 87.4 Å². The van der Waals surface area contributed by atoms with Crippen LogP contribution in [0, 0.1) is 11.8 Å². The number of carbonyl (C=O) groups is 8. The van der Waals surface area contributed by atoms with E-state index < -0.39 is 93.6 Å². The SMILES string of the molecule is CC(C)(C)OC(=O)NCCCN(CCCNC(=O)OC(C)(C)C)c1nc(N(CCCNC(=O)OC(C)(C)C)CCCNC(=O)OC(C)(C)C)nc(N2CCC(CNc3nc(Cl)nc(NCC4CCN(c5nc(N(CCCNC(=O)OC(C)(C)C)CCCNC(=O)OC(C)(C)C)nc(N(CCCNC(=O)OC(C)(C)C)CCCNC(=O)OC(C)(C)C)n5)CC4)n3)CC2)n1. The van der Waals surface area contributed by atoms with Gasteiger partial charge in [0, 0.05) is 144 Å². The Morgan fingerprint density at radius 2 is 0.457 bits per heavy atom. The topological polar surface area (TPSA) is 466 Å². The quantitative estimate of drug-likeness (QED) is 0.0186. The van der Waals surface area contributed by atoms with Crippen molar-refractivity contribution in [3.8, 4) is 0 Å². The third-order valence-electron chi connectivity index (χ3n) is 18.0. The number of nitrogens with zero attached hydrogens (tertiary/aromatic N) is 15. The number of amides is 8. The molecular formula is C85H152ClN25O16. The summed E-state index contributed by atoms with van der Waals surface area (Å²) in [6.07, 6.45) is 2.24. The largest absolute Gasteiger partial charge is 0.444 e. The summed E-state index contributed by atoms with van der Waals surface area (Å²) in [4.78, 5) is 160. The highest BCUT2D eigenvalue weighted by Crippen LogP contribution is 2.30. The molecule has 127 heavy (non-hydrogen) atoms. The molecule has 2 saturated heterocycles. The number of anilines is 8. The number of carbonyl (C=O) groups excluding carboxylic acids is 8. The summed E-state index contributed by atoms with van der Waals surface area (Å²) >= 11 is 6.68. The molecule has 0 aliphatic carbocycles. The van der Waals surface area contributed by atoms with Crippen LogP contribution in [0.15, 0.2) is 0 Å². The van der Waals surface area contributed by atoms with E-state index in [1.165, 1.54) is 0 Å². The van der Waals surface area contributed by atoms with Crippen LogP contribution in [-0.2, 0) is 37.9 Å². The lowest BCUT2D eigenvalue weighted by Gasteiger charge is -2.34. The van der Waals surface area contributed by atoms with Gasteiger partial charge in [0.1, 0.15) is 44.8 Å². The standard InChI is InChI=1S/C85H152ClN25O16/c1-78(2,3)120-70(112)87-37-25-45-106(46-26-38-88-71(113)121-79(4,5)6)64-100-65(107(47-27-39-89-72(114)122-80(7,8)9)48-28-40-90-73(115)123-81(10,11)12)103-68(102-64)110-53-33-59(34-54-110)57-95-62-97-61(86)98-63(99-62)96-58-60-35-55-111(56-36-60)69-104-66(108(49-29-41-91-74(116)124-82(13,14)15)50-30-42-92-75(117)125-83(16,17)18)101-67(105-69)109(51-31-43-93-76(118)126-84(19,20)21)52-32-44-94-77(119)127-85(22,23)24/h59-60H,25-58H2,1-24H3,(H,87,112)(H,88,113)(H,89,114)(H,90,115)(H,91,116)(H,92,117)(H,93,118)(H,94,119)(H2,95,96,97,98,99). The minimum absolute atomic E-state index is 0.00753. The van der Waals surface area contributed by atoms with Crippen molar-refractivity contribution in [3.05, 3.63) is 5.28 Å². The van der Waals surface area contributed by atoms with Crippen LogP contribution in [0.2, 0.25) is 5.28 Å². The van der Waals surface area contributed by atoms with Gasteiger partial charge in [0.25, 0.3) is 0 Å². The molecule has 10 N–H and O–H groups in total. The molecule has 8 amide bonds. The van der Waals surface area contributed by atoms with Gasteiger partial charge in [0.15, 0.2) is 0 Å². The highest BCUT2D eigenvalue weighted by atomic mass is 35.5. The first-order chi connectivity index (χ1) is 59.1. The summed E-state index contributed by atoms with van der Waals surface area (Å²) < 4.78 is 44.3. The molecule has 41 nitrogen and oxygen atoms in total. The van der Waals surface area contributed by atoms with Crippen LogP contribution in [0.3, 0.4) is 0 Å². The molecule has 2 aliphatic rings. The van der Waals surface area contributed by atoms with Crippen molar-refractivity contribution in [2.75, 3.05) is 184 Å². The summed E-state index contributed by atoms with van der Waals surface area (Å²) in [6.45, 7) is 51.7. The fraction of sp³-hybridized carbons (Fsp3) is 0.800. The third-order valence-corrected chi connectivity index (χ3v) is 18.2. The second kappa shape index (κ2) is 50.6. The van der Waals surface area contributed by atoms with Crippen molar-refractivity contribution < 1.29 is 76.3 Å².